The number of hydrogen-bond donors (Lipinski definition) is 1. The van der Waals surface area contributed by atoms with E-state index in [-0.39, 0.29) is 12.4 Å². The third-order valence-electron chi connectivity index (χ3n) is 4.35. The van der Waals surface area contributed by atoms with Gasteiger partial charge in [0.05, 0.1) is 24.8 Å². The number of hydrogen-bond acceptors (Lipinski definition) is 4. The molecule has 0 bridgehead atoms. The lowest BCUT2D eigenvalue weighted by Gasteiger charge is -2.10. The van der Waals surface area contributed by atoms with Gasteiger partial charge in [0.25, 0.3) is 0 Å². The summed E-state index contributed by atoms with van der Waals surface area (Å²) in [4.78, 5) is 4.20. The molecule has 0 spiro atoms. The van der Waals surface area contributed by atoms with Gasteiger partial charge in [-0.2, -0.15) is 0 Å². The van der Waals surface area contributed by atoms with E-state index in [1.165, 1.54) is 12.1 Å². The molecule has 0 aliphatic heterocycles. The van der Waals surface area contributed by atoms with Gasteiger partial charge < -0.3 is 9.30 Å². The van der Waals surface area contributed by atoms with Crippen molar-refractivity contribution in [1.29, 1.82) is 0 Å². The van der Waals surface area contributed by atoms with Crippen LogP contribution < -0.4 is 9.46 Å². The molecule has 1 N–H and O–H groups in total. The maximum atomic E-state index is 13.6. The van der Waals surface area contributed by atoms with Crippen molar-refractivity contribution >= 4 is 16.1 Å². The van der Waals surface area contributed by atoms with E-state index in [2.05, 4.69) is 9.71 Å². The van der Waals surface area contributed by atoms with Crippen LogP contribution in [0, 0.1) is 19.7 Å². The summed E-state index contributed by atoms with van der Waals surface area (Å²) in [6.45, 7) is 3.55. The predicted octanol–water partition coefficient (Wildman–Crippen LogP) is 3.73. The van der Waals surface area contributed by atoms with Crippen molar-refractivity contribution in [3.8, 4) is 11.4 Å². The number of halogens is 1. The van der Waals surface area contributed by atoms with Gasteiger partial charge in [0.2, 0.25) is 10.0 Å². The van der Waals surface area contributed by atoms with Crippen LogP contribution in [-0.2, 0) is 16.6 Å². The average Bonchev–Trinajstić information content (AvgIpc) is 3.13. The number of imidazole rings is 1. The molecule has 6 nitrogen and oxygen atoms in total. The number of ether oxygens (including phenoxy) is 1. The average molecular weight is 415 g/mol. The second-order valence-corrected chi connectivity index (χ2v) is 8.26. The highest BCUT2D eigenvalue weighted by Gasteiger charge is 2.09. The molecule has 152 valence electrons. The molecule has 0 atom stereocenters. The Bertz CT molecular complexity index is 1150. The normalized spacial score (nSPS) is 11.9. The highest BCUT2D eigenvalue weighted by molar-refractivity contribution is 7.92. The van der Waals surface area contributed by atoms with Gasteiger partial charge in [0.1, 0.15) is 11.6 Å². The van der Waals surface area contributed by atoms with Crippen molar-refractivity contribution in [1.82, 2.24) is 14.3 Å². The molecule has 1 aromatic heterocycles. The van der Waals surface area contributed by atoms with E-state index < -0.39 is 10.0 Å². The summed E-state index contributed by atoms with van der Waals surface area (Å²) in [6, 6.07) is 9.98. The first-order chi connectivity index (χ1) is 13.8. The first-order valence-electron chi connectivity index (χ1n) is 8.89. The Kier molecular flexibility index (Phi) is 6.14. The van der Waals surface area contributed by atoms with E-state index in [0.29, 0.717) is 22.4 Å². The van der Waals surface area contributed by atoms with Crippen LogP contribution in [0.15, 0.2) is 54.3 Å². The monoisotopic (exact) mass is 415 g/mol. The third-order valence-corrected chi connectivity index (χ3v) is 5.39. The molecule has 3 rings (SSSR count). The molecule has 0 unspecified atom stereocenters. The molecule has 2 aromatic carbocycles. The van der Waals surface area contributed by atoms with Gasteiger partial charge in [-0.25, -0.2) is 22.5 Å². The Morgan fingerprint density at radius 2 is 2.00 bits per heavy atom. The standard InChI is InChI=1S/C21H22FN3O3S/c1-15-4-5-18(10-19(15)22)12-24-29(26,27)9-8-17-6-7-20(21(11-17)28-3)25-13-16(2)23-14-25/h4-11,13-14,24H,12H2,1-3H3/b9-8+. The SMILES string of the molecule is COc1cc(/C=C/S(=O)(=O)NCc2ccc(C)c(F)c2)ccc1-n1cnc(C)c1. The molecule has 1 heterocycles. The van der Waals surface area contributed by atoms with Gasteiger partial charge in [-0.05, 0) is 54.8 Å². The maximum Gasteiger partial charge on any atom is 0.234 e. The van der Waals surface area contributed by atoms with Gasteiger partial charge in [-0.3, -0.25) is 0 Å². The zero-order chi connectivity index (χ0) is 21.0. The second-order valence-electron chi connectivity index (χ2n) is 6.61. The van der Waals surface area contributed by atoms with Gasteiger partial charge in [0.15, 0.2) is 0 Å². The van der Waals surface area contributed by atoms with Gasteiger partial charge >= 0.3 is 0 Å². The molecule has 8 heteroatoms. The minimum Gasteiger partial charge on any atom is -0.495 e. The predicted molar refractivity (Wildman–Crippen MR) is 111 cm³/mol. The lowest BCUT2D eigenvalue weighted by atomic mass is 10.1. The van der Waals surface area contributed by atoms with Gasteiger partial charge in [-0.15, -0.1) is 0 Å². The molecule has 0 fully saturated rings. The number of aromatic nitrogens is 2. The molecule has 0 saturated heterocycles. The highest BCUT2D eigenvalue weighted by Crippen LogP contribution is 2.25. The number of methoxy groups -OCH3 is 1. The van der Waals surface area contributed by atoms with Crippen LogP contribution in [0.5, 0.6) is 5.75 Å². The molecule has 0 aliphatic rings. The molecule has 3 aromatic rings. The van der Waals surface area contributed by atoms with Crippen molar-refractivity contribution in [2.24, 2.45) is 0 Å². The van der Waals surface area contributed by atoms with E-state index in [0.717, 1.165) is 16.8 Å². The second kappa shape index (κ2) is 8.59. The fraction of sp³-hybridized carbons (Fsp3) is 0.190. The fourth-order valence-electron chi connectivity index (χ4n) is 2.71. The minimum absolute atomic E-state index is 0.00606. The van der Waals surface area contributed by atoms with Crippen LogP contribution >= 0.6 is 0 Å². The number of sulfonamides is 1. The van der Waals surface area contributed by atoms with Crippen LogP contribution in [-0.4, -0.2) is 25.1 Å². The fourth-order valence-corrected chi connectivity index (χ4v) is 3.51. The summed E-state index contributed by atoms with van der Waals surface area (Å²) in [5.41, 5.74) is 3.40. The Balaban J connectivity index is 1.73. The van der Waals surface area contributed by atoms with E-state index in [9.17, 15) is 12.8 Å². The van der Waals surface area contributed by atoms with Crippen molar-refractivity contribution in [3.05, 3.63) is 82.5 Å². The van der Waals surface area contributed by atoms with Crippen LogP contribution in [0.1, 0.15) is 22.4 Å². The van der Waals surface area contributed by atoms with Crippen LogP contribution in [0.3, 0.4) is 0 Å². The lowest BCUT2D eigenvalue weighted by Crippen LogP contribution is -2.20. The minimum atomic E-state index is -3.69. The Morgan fingerprint density at radius 1 is 1.21 bits per heavy atom. The van der Waals surface area contributed by atoms with Crippen molar-refractivity contribution < 1.29 is 17.5 Å². The van der Waals surface area contributed by atoms with Crippen LogP contribution in [0.4, 0.5) is 4.39 Å². The first kappa shape index (κ1) is 20.8. The number of benzene rings is 2. The summed E-state index contributed by atoms with van der Waals surface area (Å²) < 4.78 is 47.8. The summed E-state index contributed by atoms with van der Waals surface area (Å²) in [7, 11) is -2.14. The van der Waals surface area contributed by atoms with Crippen LogP contribution in [0.25, 0.3) is 11.8 Å². The number of nitrogens with one attached hydrogen (secondary N) is 1. The van der Waals surface area contributed by atoms with Crippen molar-refractivity contribution in [2.45, 2.75) is 20.4 Å². The largest absolute Gasteiger partial charge is 0.495 e. The lowest BCUT2D eigenvalue weighted by molar-refractivity contribution is 0.413. The van der Waals surface area contributed by atoms with Gasteiger partial charge in [-0.1, -0.05) is 18.2 Å². The van der Waals surface area contributed by atoms with E-state index >= 15 is 0 Å². The van der Waals surface area contributed by atoms with Crippen LogP contribution in [0.2, 0.25) is 0 Å². The van der Waals surface area contributed by atoms with E-state index in [4.69, 9.17) is 4.74 Å². The zero-order valence-corrected chi connectivity index (χ0v) is 17.2. The molecular formula is C21H22FN3O3S. The highest BCUT2D eigenvalue weighted by atomic mass is 32.2. The number of aryl methyl sites for hydroxylation is 2. The molecule has 29 heavy (non-hydrogen) atoms. The quantitative estimate of drug-likeness (QED) is 0.638. The maximum absolute atomic E-state index is 13.6. The summed E-state index contributed by atoms with van der Waals surface area (Å²) in [6.07, 6.45) is 5.03. The molecule has 0 amide bonds. The first-order valence-corrected chi connectivity index (χ1v) is 10.4. The van der Waals surface area contributed by atoms with Crippen molar-refractivity contribution in [2.75, 3.05) is 7.11 Å². The Morgan fingerprint density at radius 3 is 2.66 bits per heavy atom. The topological polar surface area (TPSA) is 73.2 Å². The number of nitrogens with zero attached hydrogens (tertiary/aromatic N) is 2. The Labute approximate surface area is 169 Å². The number of rotatable bonds is 7. The third kappa shape index (κ3) is 5.30. The summed E-state index contributed by atoms with van der Waals surface area (Å²) in [5.74, 6) is 0.225. The van der Waals surface area contributed by atoms with Crippen molar-refractivity contribution in [3.63, 3.8) is 0 Å². The zero-order valence-electron chi connectivity index (χ0n) is 16.4. The smallest absolute Gasteiger partial charge is 0.234 e. The molecule has 0 saturated carbocycles. The van der Waals surface area contributed by atoms with E-state index in [1.807, 2.05) is 23.8 Å². The molecular weight excluding hydrogens is 393 g/mol. The van der Waals surface area contributed by atoms with Gasteiger partial charge in [0, 0.05) is 18.1 Å². The summed E-state index contributed by atoms with van der Waals surface area (Å²) in [5, 5.41) is 1.08. The van der Waals surface area contributed by atoms with E-state index in [1.54, 1.807) is 44.6 Å². The Hall–Kier alpha value is -2.97. The molecule has 0 aliphatic carbocycles. The molecule has 0 radical (unpaired) electrons. The summed E-state index contributed by atoms with van der Waals surface area (Å²) >= 11 is 0.